The second-order valence-corrected chi connectivity index (χ2v) is 6.17. The van der Waals surface area contributed by atoms with Gasteiger partial charge in [0.1, 0.15) is 6.07 Å². The number of hydrogen-bond donors (Lipinski definition) is 0. The highest BCUT2D eigenvalue weighted by Crippen LogP contribution is 2.29. The predicted octanol–water partition coefficient (Wildman–Crippen LogP) is 4.88. The first-order valence-corrected chi connectivity index (χ1v) is 7.83. The molecule has 0 aliphatic rings. The van der Waals surface area contributed by atoms with Crippen LogP contribution in [0, 0.1) is 11.3 Å². The lowest BCUT2D eigenvalue weighted by molar-refractivity contribution is 0.817. The fraction of sp³-hybridized carbons (Fsp3) is 0.0588. The third-order valence-corrected chi connectivity index (χ3v) is 4.42. The molecular formula is C17H12ClN3S. The van der Waals surface area contributed by atoms with Crippen molar-refractivity contribution >= 4 is 40.5 Å². The highest BCUT2D eigenvalue weighted by atomic mass is 35.5. The molecule has 3 nitrogen and oxygen atoms in total. The summed E-state index contributed by atoms with van der Waals surface area (Å²) in [6.45, 7) is 0. The smallest absolute Gasteiger partial charge is 0.174 e. The minimum atomic E-state index is 0.570. The molecule has 1 aromatic heterocycles. The van der Waals surface area contributed by atoms with E-state index in [0.29, 0.717) is 9.93 Å². The maximum Gasteiger partial charge on any atom is 0.174 e. The molecule has 0 unspecified atom stereocenters. The SMILES string of the molecule is Cn1c(S/C(C#N)=C/c2cccc(Cl)c2)nc2ccccc21. The summed E-state index contributed by atoms with van der Waals surface area (Å²) in [5.41, 5.74) is 2.87. The molecule has 0 radical (unpaired) electrons. The van der Waals surface area contributed by atoms with Crippen molar-refractivity contribution in [1.82, 2.24) is 9.55 Å². The average molecular weight is 326 g/mol. The number of hydrogen-bond acceptors (Lipinski definition) is 3. The second-order valence-electron chi connectivity index (χ2n) is 4.72. The number of allylic oxidation sites excluding steroid dienone is 1. The summed E-state index contributed by atoms with van der Waals surface area (Å²) in [4.78, 5) is 5.14. The number of benzene rings is 2. The number of halogens is 1. The van der Waals surface area contributed by atoms with Gasteiger partial charge in [-0.1, -0.05) is 35.9 Å². The first-order valence-electron chi connectivity index (χ1n) is 6.64. The molecule has 0 bridgehead atoms. The van der Waals surface area contributed by atoms with Crippen molar-refractivity contribution < 1.29 is 0 Å². The average Bonchev–Trinajstić information content (AvgIpc) is 2.83. The minimum absolute atomic E-state index is 0.570. The Morgan fingerprint density at radius 3 is 2.82 bits per heavy atom. The molecule has 0 atom stereocenters. The summed E-state index contributed by atoms with van der Waals surface area (Å²) >= 11 is 7.33. The van der Waals surface area contributed by atoms with Crippen molar-refractivity contribution in [1.29, 1.82) is 5.26 Å². The molecule has 0 N–H and O–H groups in total. The molecule has 0 saturated heterocycles. The van der Waals surface area contributed by atoms with Crippen molar-refractivity contribution in [2.24, 2.45) is 7.05 Å². The predicted molar refractivity (Wildman–Crippen MR) is 91.6 cm³/mol. The monoisotopic (exact) mass is 325 g/mol. The van der Waals surface area contributed by atoms with Gasteiger partial charge in [0.2, 0.25) is 0 Å². The zero-order valence-corrected chi connectivity index (χ0v) is 13.4. The number of rotatable bonds is 3. The third kappa shape index (κ3) is 3.01. The summed E-state index contributed by atoms with van der Waals surface area (Å²) in [7, 11) is 1.95. The van der Waals surface area contributed by atoms with Crippen LogP contribution in [-0.4, -0.2) is 9.55 Å². The van der Waals surface area contributed by atoms with Crippen molar-refractivity contribution in [3.05, 3.63) is 64.0 Å². The molecule has 0 aliphatic heterocycles. The fourth-order valence-corrected chi connectivity index (χ4v) is 3.16. The van der Waals surface area contributed by atoms with Gasteiger partial charge in [0.15, 0.2) is 5.16 Å². The van der Waals surface area contributed by atoms with Crippen molar-refractivity contribution in [3.63, 3.8) is 0 Å². The number of imidazole rings is 1. The van der Waals surface area contributed by atoms with Crippen LogP contribution >= 0.6 is 23.4 Å². The quantitative estimate of drug-likeness (QED) is 0.509. The van der Waals surface area contributed by atoms with E-state index < -0.39 is 0 Å². The third-order valence-electron chi connectivity index (χ3n) is 3.20. The van der Waals surface area contributed by atoms with Gasteiger partial charge in [0.05, 0.1) is 15.9 Å². The van der Waals surface area contributed by atoms with Crippen LogP contribution in [0.15, 0.2) is 58.6 Å². The van der Waals surface area contributed by atoms with Crippen molar-refractivity contribution in [2.45, 2.75) is 5.16 Å². The first kappa shape index (κ1) is 14.7. The van der Waals surface area contributed by atoms with E-state index in [1.807, 2.05) is 66.2 Å². The van der Waals surface area contributed by atoms with E-state index in [2.05, 4.69) is 11.1 Å². The standard InChI is InChI=1S/C17H12ClN3S/c1-21-16-8-3-2-7-15(16)20-17(21)22-14(11-19)10-12-5-4-6-13(18)9-12/h2-10H,1H3/b14-10+. The maximum absolute atomic E-state index is 9.37. The lowest BCUT2D eigenvalue weighted by Gasteiger charge is -2.01. The second kappa shape index (κ2) is 6.27. The summed E-state index contributed by atoms with van der Waals surface area (Å²) in [5, 5.41) is 10.8. The molecular weight excluding hydrogens is 314 g/mol. The van der Waals surface area contributed by atoms with Gasteiger partial charge >= 0.3 is 0 Å². The van der Waals surface area contributed by atoms with Gasteiger partial charge in [-0.05, 0) is 47.7 Å². The Balaban J connectivity index is 1.95. The first-order chi connectivity index (χ1) is 10.7. The number of para-hydroxylation sites is 2. The molecule has 2 aromatic carbocycles. The van der Waals surface area contributed by atoms with E-state index in [4.69, 9.17) is 11.6 Å². The number of fused-ring (bicyclic) bond motifs is 1. The molecule has 0 spiro atoms. The number of nitrogens with zero attached hydrogens (tertiary/aromatic N) is 3. The Kier molecular flexibility index (Phi) is 4.19. The Hall–Kier alpha value is -2.22. The van der Waals surface area contributed by atoms with Gasteiger partial charge < -0.3 is 4.57 Å². The van der Waals surface area contributed by atoms with E-state index in [1.54, 1.807) is 0 Å². The molecule has 0 fully saturated rings. The molecule has 0 aliphatic carbocycles. The van der Waals surface area contributed by atoms with E-state index in [9.17, 15) is 5.26 Å². The van der Waals surface area contributed by atoms with Crippen molar-refractivity contribution in [2.75, 3.05) is 0 Å². The molecule has 22 heavy (non-hydrogen) atoms. The van der Waals surface area contributed by atoms with Crippen LogP contribution in [-0.2, 0) is 7.05 Å². The Morgan fingerprint density at radius 1 is 1.27 bits per heavy atom. The Bertz CT molecular complexity index is 906. The van der Waals surface area contributed by atoms with Crippen LogP contribution in [0.2, 0.25) is 5.02 Å². The van der Waals surface area contributed by atoms with Crippen molar-refractivity contribution in [3.8, 4) is 6.07 Å². The van der Waals surface area contributed by atoms with Crippen LogP contribution in [0.25, 0.3) is 17.1 Å². The Labute approximate surface area is 137 Å². The zero-order valence-electron chi connectivity index (χ0n) is 11.8. The van der Waals surface area contributed by atoms with E-state index >= 15 is 0 Å². The molecule has 3 aromatic rings. The highest BCUT2D eigenvalue weighted by Gasteiger charge is 2.10. The topological polar surface area (TPSA) is 41.6 Å². The molecule has 108 valence electrons. The summed E-state index contributed by atoms with van der Waals surface area (Å²) in [6, 6.07) is 17.5. The van der Waals surface area contributed by atoms with Gasteiger partial charge in [-0.15, -0.1) is 0 Å². The van der Waals surface area contributed by atoms with Gasteiger partial charge in [-0.25, -0.2) is 4.98 Å². The zero-order chi connectivity index (χ0) is 15.5. The highest BCUT2D eigenvalue weighted by molar-refractivity contribution is 8.03. The molecule has 1 heterocycles. The molecule has 3 rings (SSSR count). The van der Waals surface area contributed by atoms with E-state index in [0.717, 1.165) is 21.8 Å². The van der Waals surface area contributed by atoms with Crippen LogP contribution in [0.5, 0.6) is 0 Å². The van der Waals surface area contributed by atoms with E-state index in [-0.39, 0.29) is 0 Å². The lowest BCUT2D eigenvalue weighted by atomic mass is 10.2. The maximum atomic E-state index is 9.37. The number of nitriles is 1. The summed E-state index contributed by atoms with van der Waals surface area (Å²) in [6.07, 6.45) is 1.82. The molecule has 5 heteroatoms. The number of thioether (sulfide) groups is 1. The summed E-state index contributed by atoms with van der Waals surface area (Å²) < 4.78 is 1.99. The normalized spacial score (nSPS) is 11.6. The fourth-order valence-electron chi connectivity index (χ4n) is 2.15. The minimum Gasteiger partial charge on any atom is -0.322 e. The molecule has 0 amide bonds. The van der Waals surface area contributed by atoms with Crippen LogP contribution in [0.3, 0.4) is 0 Å². The van der Waals surface area contributed by atoms with Gasteiger partial charge in [-0.3, -0.25) is 0 Å². The largest absolute Gasteiger partial charge is 0.322 e. The Morgan fingerprint density at radius 2 is 2.09 bits per heavy atom. The number of aryl methyl sites for hydroxylation is 1. The van der Waals surface area contributed by atoms with Gasteiger partial charge in [0.25, 0.3) is 0 Å². The van der Waals surface area contributed by atoms with Gasteiger partial charge in [-0.2, -0.15) is 5.26 Å². The van der Waals surface area contributed by atoms with Crippen LogP contribution < -0.4 is 0 Å². The van der Waals surface area contributed by atoms with Crippen LogP contribution in [0.1, 0.15) is 5.56 Å². The lowest BCUT2D eigenvalue weighted by Crippen LogP contribution is -1.90. The van der Waals surface area contributed by atoms with Crippen LogP contribution in [0.4, 0.5) is 0 Å². The molecule has 0 saturated carbocycles. The summed E-state index contributed by atoms with van der Waals surface area (Å²) in [5.74, 6) is 0. The van der Waals surface area contributed by atoms with Gasteiger partial charge in [0, 0.05) is 12.1 Å². The van der Waals surface area contributed by atoms with E-state index in [1.165, 1.54) is 11.8 Å². The number of aromatic nitrogens is 2.